The van der Waals surface area contributed by atoms with E-state index in [-0.39, 0.29) is 12.8 Å². The number of carbonyl (C=O) groups is 4. The fourth-order valence-corrected chi connectivity index (χ4v) is 2.48. The Morgan fingerprint density at radius 1 is 0.750 bits per heavy atom. The molecule has 11 nitrogen and oxygen atoms in total. The highest BCUT2D eigenvalue weighted by Gasteiger charge is 2.27. The minimum atomic E-state index is -1.37. The third-order valence-electron chi connectivity index (χ3n) is 4.15. The molecule has 0 bridgehead atoms. The number of amides is 2. The molecular formula is C17H33N5O6. The molecule has 0 aliphatic carbocycles. The second kappa shape index (κ2) is 14.8. The normalized spacial score (nSPS) is 14.0. The summed E-state index contributed by atoms with van der Waals surface area (Å²) in [6.07, 6.45) is 2.57. The van der Waals surface area contributed by atoms with E-state index in [4.69, 9.17) is 22.3 Å². The highest BCUT2D eigenvalue weighted by molar-refractivity contribution is 5.91. The standard InChI is InChI=1S/C17H33N5O6/c18-9-3-1-5-11(20)15(25)21-12(6-2-4-10-19)16(26)22-13(17(27)28)7-8-14(23)24/h11-13H,1-10,18-20H2,(H,21,25)(H,22,26)(H,23,24)(H,27,28)/t11-,12-,13-/m1/s1. The van der Waals surface area contributed by atoms with Gasteiger partial charge in [-0.15, -0.1) is 0 Å². The van der Waals surface area contributed by atoms with Crippen molar-refractivity contribution in [1.29, 1.82) is 0 Å². The molecule has 0 aliphatic heterocycles. The number of nitrogens with two attached hydrogens (primary N) is 3. The first-order valence-corrected chi connectivity index (χ1v) is 9.44. The Kier molecular flexibility index (Phi) is 13.6. The van der Waals surface area contributed by atoms with Crippen molar-refractivity contribution < 1.29 is 29.4 Å². The van der Waals surface area contributed by atoms with Gasteiger partial charge < -0.3 is 38.0 Å². The first-order chi connectivity index (χ1) is 13.2. The minimum Gasteiger partial charge on any atom is -0.481 e. The van der Waals surface area contributed by atoms with E-state index < -0.39 is 48.3 Å². The van der Waals surface area contributed by atoms with Crippen LogP contribution in [-0.4, -0.2) is 65.2 Å². The average Bonchev–Trinajstić information content (AvgIpc) is 2.63. The summed E-state index contributed by atoms with van der Waals surface area (Å²) in [5.41, 5.74) is 16.7. The lowest BCUT2D eigenvalue weighted by atomic mass is 10.0. The van der Waals surface area contributed by atoms with E-state index in [1.165, 1.54) is 0 Å². The molecule has 11 heteroatoms. The van der Waals surface area contributed by atoms with Gasteiger partial charge in [0.2, 0.25) is 11.8 Å². The molecule has 3 atom stereocenters. The molecule has 0 rings (SSSR count). The molecule has 162 valence electrons. The maximum atomic E-state index is 12.5. The predicted octanol–water partition coefficient (Wildman–Crippen LogP) is -1.51. The Hall–Kier alpha value is -2.24. The summed E-state index contributed by atoms with van der Waals surface area (Å²) < 4.78 is 0. The number of carboxylic acid groups (broad SMARTS) is 2. The predicted molar refractivity (Wildman–Crippen MR) is 102 cm³/mol. The molecule has 0 aromatic rings. The van der Waals surface area contributed by atoms with Gasteiger partial charge in [-0.1, -0.05) is 6.42 Å². The Labute approximate surface area is 164 Å². The van der Waals surface area contributed by atoms with Gasteiger partial charge in [0.1, 0.15) is 12.1 Å². The Morgan fingerprint density at radius 3 is 1.79 bits per heavy atom. The first kappa shape index (κ1) is 25.8. The van der Waals surface area contributed by atoms with Crippen LogP contribution in [0.25, 0.3) is 0 Å². The summed E-state index contributed by atoms with van der Waals surface area (Å²) in [6, 6.07) is -3.15. The number of nitrogens with one attached hydrogen (secondary N) is 2. The molecule has 0 spiro atoms. The zero-order valence-corrected chi connectivity index (χ0v) is 16.1. The van der Waals surface area contributed by atoms with Crippen LogP contribution in [0.2, 0.25) is 0 Å². The third kappa shape index (κ3) is 11.5. The second-order valence-electron chi connectivity index (χ2n) is 6.57. The number of unbranched alkanes of at least 4 members (excludes halogenated alkanes) is 2. The molecule has 28 heavy (non-hydrogen) atoms. The van der Waals surface area contributed by atoms with Crippen LogP contribution < -0.4 is 27.8 Å². The van der Waals surface area contributed by atoms with Crippen LogP contribution in [0.1, 0.15) is 51.4 Å². The molecule has 0 aromatic heterocycles. The van der Waals surface area contributed by atoms with Crippen LogP contribution in [0.4, 0.5) is 0 Å². The van der Waals surface area contributed by atoms with Gasteiger partial charge in [0, 0.05) is 6.42 Å². The zero-order valence-electron chi connectivity index (χ0n) is 16.1. The van der Waals surface area contributed by atoms with E-state index in [9.17, 15) is 24.3 Å². The second-order valence-corrected chi connectivity index (χ2v) is 6.57. The van der Waals surface area contributed by atoms with Gasteiger partial charge in [-0.3, -0.25) is 14.4 Å². The molecule has 0 saturated heterocycles. The molecule has 0 radical (unpaired) electrons. The number of hydrogen-bond donors (Lipinski definition) is 7. The maximum absolute atomic E-state index is 12.5. The highest BCUT2D eigenvalue weighted by atomic mass is 16.4. The number of carboxylic acids is 2. The summed E-state index contributed by atoms with van der Waals surface area (Å²) in [5.74, 6) is -3.73. The van der Waals surface area contributed by atoms with E-state index in [0.29, 0.717) is 38.8 Å². The quantitative estimate of drug-likeness (QED) is 0.149. The lowest BCUT2D eigenvalue weighted by Crippen LogP contribution is -2.54. The Morgan fingerprint density at radius 2 is 1.29 bits per heavy atom. The molecule has 0 heterocycles. The van der Waals surface area contributed by atoms with Crippen molar-refractivity contribution >= 4 is 23.8 Å². The van der Waals surface area contributed by atoms with Crippen molar-refractivity contribution in [1.82, 2.24) is 10.6 Å². The van der Waals surface area contributed by atoms with E-state index in [0.717, 1.165) is 6.42 Å². The molecule has 0 aromatic carbocycles. The van der Waals surface area contributed by atoms with Gasteiger partial charge >= 0.3 is 11.9 Å². The largest absolute Gasteiger partial charge is 0.481 e. The molecule has 0 fully saturated rings. The van der Waals surface area contributed by atoms with Crippen molar-refractivity contribution in [3.63, 3.8) is 0 Å². The van der Waals surface area contributed by atoms with Crippen molar-refractivity contribution in [3.8, 4) is 0 Å². The van der Waals surface area contributed by atoms with E-state index in [2.05, 4.69) is 10.6 Å². The fourth-order valence-electron chi connectivity index (χ4n) is 2.48. The van der Waals surface area contributed by atoms with E-state index in [1.54, 1.807) is 0 Å². The molecule has 0 unspecified atom stereocenters. The lowest BCUT2D eigenvalue weighted by molar-refractivity contribution is -0.143. The Balaban J connectivity index is 4.93. The van der Waals surface area contributed by atoms with Crippen LogP contribution in [0.15, 0.2) is 0 Å². The SMILES string of the molecule is NCCCC[C@@H](N)C(=O)N[C@H](CCCCN)C(=O)N[C@H](CCC(=O)O)C(=O)O. The molecule has 2 amide bonds. The first-order valence-electron chi connectivity index (χ1n) is 9.44. The van der Waals surface area contributed by atoms with Crippen LogP contribution in [-0.2, 0) is 19.2 Å². The minimum absolute atomic E-state index is 0.259. The van der Waals surface area contributed by atoms with Gasteiger partial charge in [0.25, 0.3) is 0 Å². The summed E-state index contributed by atoms with van der Waals surface area (Å²) in [4.78, 5) is 46.7. The van der Waals surface area contributed by atoms with Gasteiger partial charge in [-0.2, -0.15) is 0 Å². The number of aliphatic carboxylic acids is 2. The molecular weight excluding hydrogens is 370 g/mol. The van der Waals surface area contributed by atoms with Crippen molar-refractivity contribution in [2.75, 3.05) is 13.1 Å². The third-order valence-corrected chi connectivity index (χ3v) is 4.15. The highest BCUT2D eigenvalue weighted by Crippen LogP contribution is 2.06. The van der Waals surface area contributed by atoms with Crippen LogP contribution in [0.3, 0.4) is 0 Å². The van der Waals surface area contributed by atoms with Crippen molar-refractivity contribution in [2.45, 2.75) is 69.5 Å². The van der Waals surface area contributed by atoms with Gasteiger partial charge in [0.15, 0.2) is 0 Å². The molecule has 0 saturated carbocycles. The number of hydrogen-bond acceptors (Lipinski definition) is 7. The topological polar surface area (TPSA) is 211 Å². The summed E-state index contributed by atoms with van der Waals surface area (Å²) in [6.45, 7) is 0.905. The Bertz CT molecular complexity index is 516. The fraction of sp³-hybridized carbons (Fsp3) is 0.765. The van der Waals surface area contributed by atoms with Crippen LogP contribution >= 0.6 is 0 Å². The van der Waals surface area contributed by atoms with Gasteiger partial charge in [-0.05, 0) is 51.6 Å². The van der Waals surface area contributed by atoms with E-state index >= 15 is 0 Å². The van der Waals surface area contributed by atoms with Gasteiger partial charge in [0.05, 0.1) is 6.04 Å². The monoisotopic (exact) mass is 403 g/mol. The summed E-state index contributed by atoms with van der Waals surface area (Å²) in [5, 5.41) is 22.7. The summed E-state index contributed by atoms with van der Waals surface area (Å²) >= 11 is 0. The van der Waals surface area contributed by atoms with Crippen molar-refractivity contribution in [3.05, 3.63) is 0 Å². The molecule has 10 N–H and O–H groups in total. The van der Waals surface area contributed by atoms with Gasteiger partial charge in [-0.25, -0.2) is 4.79 Å². The lowest BCUT2D eigenvalue weighted by Gasteiger charge is -2.23. The smallest absolute Gasteiger partial charge is 0.326 e. The average molecular weight is 403 g/mol. The zero-order chi connectivity index (χ0) is 21.5. The van der Waals surface area contributed by atoms with E-state index in [1.807, 2.05) is 0 Å². The van der Waals surface area contributed by atoms with Crippen molar-refractivity contribution in [2.24, 2.45) is 17.2 Å². The molecule has 0 aliphatic rings. The van der Waals surface area contributed by atoms with Crippen LogP contribution in [0.5, 0.6) is 0 Å². The van der Waals surface area contributed by atoms with Crippen LogP contribution in [0, 0.1) is 0 Å². The number of carbonyl (C=O) groups excluding carboxylic acids is 2. The number of rotatable bonds is 16. The summed E-state index contributed by atoms with van der Waals surface area (Å²) in [7, 11) is 0. The maximum Gasteiger partial charge on any atom is 0.326 e.